The molecule has 19 heavy (non-hydrogen) atoms. The van der Waals surface area contributed by atoms with E-state index >= 15 is 0 Å². The molecule has 1 N–H and O–H groups in total. The van der Waals surface area contributed by atoms with E-state index < -0.39 is 0 Å². The topological polar surface area (TPSA) is 42.0 Å². The van der Waals surface area contributed by atoms with Crippen molar-refractivity contribution in [3.8, 4) is 0 Å². The van der Waals surface area contributed by atoms with Crippen LogP contribution in [0.5, 0.6) is 0 Å². The highest BCUT2D eigenvalue weighted by Crippen LogP contribution is 2.08. The maximum atomic E-state index is 12.0. The van der Waals surface area contributed by atoms with Crippen molar-refractivity contribution < 1.29 is 4.79 Å². The lowest BCUT2D eigenvalue weighted by Gasteiger charge is -2.07. The molecule has 3 nitrogen and oxygen atoms in total. The molecule has 1 heterocycles. The van der Waals surface area contributed by atoms with Crippen LogP contribution < -0.4 is 5.32 Å². The number of alkyl halides is 1. The number of rotatable bonds is 4. The summed E-state index contributed by atoms with van der Waals surface area (Å²) >= 11 is 3.38. The molecule has 98 valence electrons. The maximum absolute atomic E-state index is 12.0. The molecule has 0 atom stereocenters. The van der Waals surface area contributed by atoms with Crippen LogP contribution in [0.3, 0.4) is 0 Å². The van der Waals surface area contributed by atoms with E-state index in [1.807, 2.05) is 43.3 Å². The summed E-state index contributed by atoms with van der Waals surface area (Å²) in [5, 5.41) is 3.67. The van der Waals surface area contributed by atoms with Gasteiger partial charge >= 0.3 is 0 Å². The largest absolute Gasteiger partial charge is 0.346 e. The average molecular weight is 319 g/mol. The lowest BCUT2D eigenvalue weighted by molar-refractivity contribution is 0.0950. The molecule has 1 aromatic heterocycles. The molecule has 0 fully saturated rings. The van der Waals surface area contributed by atoms with Crippen LogP contribution >= 0.6 is 15.9 Å². The number of pyridine rings is 1. The highest BCUT2D eigenvalue weighted by molar-refractivity contribution is 9.08. The second-order valence-corrected chi connectivity index (χ2v) is 4.84. The molecule has 0 saturated carbocycles. The van der Waals surface area contributed by atoms with Gasteiger partial charge in [0.05, 0.1) is 12.2 Å². The third-order valence-corrected chi connectivity index (χ3v) is 3.55. The molecule has 0 bridgehead atoms. The van der Waals surface area contributed by atoms with Crippen molar-refractivity contribution in [1.82, 2.24) is 10.3 Å². The van der Waals surface area contributed by atoms with Gasteiger partial charge in [0.25, 0.3) is 5.91 Å². The molecule has 0 unspecified atom stereocenters. The van der Waals surface area contributed by atoms with Crippen molar-refractivity contribution in [3.63, 3.8) is 0 Å². The van der Waals surface area contributed by atoms with Crippen molar-refractivity contribution in [2.75, 3.05) is 0 Å². The van der Waals surface area contributed by atoms with Gasteiger partial charge in [-0.2, -0.15) is 0 Å². The summed E-state index contributed by atoms with van der Waals surface area (Å²) in [4.78, 5) is 16.2. The predicted octanol–water partition coefficient (Wildman–Crippen LogP) is 3.21. The van der Waals surface area contributed by atoms with Gasteiger partial charge in [-0.3, -0.25) is 9.78 Å². The Labute approximate surface area is 121 Å². The van der Waals surface area contributed by atoms with E-state index in [2.05, 4.69) is 26.2 Å². The van der Waals surface area contributed by atoms with Crippen LogP contribution in [0.4, 0.5) is 0 Å². The SMILES string of the molecule is Cc1cccnc1CNC(=O)c1ccc(CBr)cc1. The molecule has 0 spiro atoms. The second-order valence-electron chi connectivity index (χ2n) is 4.28. The minimum Gasteiger partial charge on any atom is -0.346 e. The number of aromatic nitrogens is 1. The molecule has 4 heteroatoms. The number of aryl methyl sites for hydroxylation is 1. The highest BCUT2D eigenvalue weighted by atomic mass is 79.9. The zero-order valence-corrected chi connectivity index (χ0v) is 12.3. The van der Waals surface area contributed by atoms with Crippen LogP contribution in [0.25, 0.3) is 0 Å². The zero-order chi connectivity index (χ0) is 13.7. The van der Waals surface area contributed by atoms with E-state index in [1.165, 1.54) is 0 Å². The van der Waals surface area contributed by atoms with Crippen LogP contribution in [0, 0.1) is 6.92 Å². The Kier molecular flexibility index (Phi) is 4.68. The molecule has 0 radical (unpaired) electrons. The minimum atomic E-state index is -0.0776. The van der Waals surface area contributed by atoms with Gasteiger partial charge in [-0.1, -0.05) is 34.1 Å². The summed E-state index contributed by atoms with van der Waals surface area (Å²) in [5.41, 5.74) is 3.79. The third kappa shape index (κ3) is 3.64. The summed E-state index contributed by atoms with van der Waals surface area (Å²) in [7, 11) is 0. The Hall–Kier alpha value is -1.68. The molecular formula is C15H15BrN2O. The second kappa shape index (κ2) is 6.48. The highest BCUT2D eigenvalue weighted by Gasteiger charge is 2.06. The fourth-order valence-corrected chi connectivity index (χ4v) is 2.09. The van der Waals surface area contributed by atoms with Crippen LogP contribution in [-0.2, 0) is 11.9 Å². The summed E-state index contributed by atoms with van der Waals surface area (Å²) in [6.45, 7) is 2.44. The van der Waals surface area contributed by atoms with Crippen molar-refractivity contribution in [1.29, 1.82) is 0 Å². The number of hydrogen-bond donors (Lipinski definition) is 1. The van der Waals surface area contributed by atoms with Crippen LogP contribution in [0.15, 0.2) is 42.6 Å². The Morgan fingerprint density at radius 1 is 1.26 bits per heavy atom. The monoisotopic (exact) mass is 318 g/mol. The van der Waals surface area contributed by atoms with E-state index in [0.717, 1.165) is 22.2 Å². The molecule has 1 amide bonds. The number of amides is 1. The predicted molar refractivity (Wildman–Crippen MR) is 79.2 cm³/mol. The lowest BCUT2D eigenvalue weighted by atomic mass is 10.1. The van der Waals surface area contributed by atoms with Gasteiger partial charge in [0.1, 0.15) is 0 Å². The number of carbonyl (C=O) groups excluding carboxylic acids is 1. The van der Waals surface area contributed by atoms with Gasteiger partial charge in [-0.05, 0) is 36.2 Å². The Morgan fingerprint density at radius 2 is 2.00 bits per heavy atom. The number of nitrogens with one attached hydrogen (secondary N) is 1. The smallest absolute Gasteiger partial charge is 0.251 e. The van der Waals surface area contributed by atoms with Crippen LogP contribution in [-0.4, -0.2) is 10.9 Å². The standard InChI is InChI=1S/C15H15BrN2O/c1-11-3-2-8-17-14(11)10-18-15(19)13-6-4-12(9-16)5-7-13/h2-8H,9-10H2,1H3,(H,18,19). The van der Waals surface area contributed by atoms with E-state index in [1.54, 1.807) is 6.20 Å². The number of benzene rings is 1. The molecule has 0 saturated heterocycles. The van der Waals surface area contributed by atoms with Gasteiger partial charge < -0.3 is 5.32 Å². The number of nitrogens with zero attached hydrogens (tertiary/aromatic N) is 1. The summed E-state index contributed by atoms with van der Waals surface area (Å²) in [6.07, 6.45) is 1.74. The van der Waals surface area contributed by atoms with Gasteiger partial charge in [0.2, 0.25) is 0 Å². The van der Waals surface area contributed by atoms with Gasteiger partial charge in [-0.15, -0.1) is 0 Å². The van der Waals surface area contributed by atoms with E-state index in [4.69, 9.17) is 0 Å². The quantitative estimate of drug-likeness (QED) is 0.879. The molecule has 2 aromatic rings. The normalized spacial score (nSPS) is 10.2. The first-order chi connectivity index (χ1) is 9.20. The van der Waals surface area contributed by atoms with Crippen molar-refractivity contribution in [2.24, 2.45) is 0 Å². The average Bonchev–Trinajstić information content (AvgIpc) is 2.46. The first kappa shape index (κ1) is 13.7. The maximum Gasteiger partial charge on any atom is 0.251 e. The zero-order valence-electron chi connectivity index (χ0n) is 10.7. The molecular weight excluding hydrogens is 304 g/mol. The Bertz CT molecular complexity index is 567. The van der Waals surface area contributed by atoms with Crippen molar-refractivity contribution in [2.45, 2.75) is 18.8 Å². The molecule has 0 aliphatic heterocycles. The summed E-state index contributed by atoms with van der Waals surface area (Å²) in [5.74, 6) is -0.0776. The fourth-order valence-electron chi connectivity index (χ4n) is 1.71. The number of hydrogen-bond acceptors (Lipinski definition) is 2. The summed E-state index contributed by atoms with van der Waals surface area (Å²) < 4.78 is 0. The van der Waals surface area contributed by atoms with Gasteiger partial charge in [0, 0.05) is 17.1 Å². The lowest BCUT2D eigenvalue weighted by Crippen LogP contribution is -2.23. The van der Waals surface area contributed by atoms with Gasteiger partial charge in [0.15, 0.2) is 0 Å². The third-order valence-electron chi connectivity index (χ3n) is 2.90. The molecule has 1 aromatic carbocycles. The number of halogens is 1. The summed E-state index contributed by atoms with van der Waals surface area (Å²) in [6, 6.07) is 11.4. The first-order valence-electron chi connectivity index (χ1n) is 6.04. The number of carbonyl (C=O) groups is 1. The van der Waals surface area contributed by atoms with E-state index in [0.29, 0.717) is 12.1 Å². The Balaban J connectivity index is 1.99. The van der Waals surface area contributed by atoms with E-state index in [9.17, 15) is 4.79 Å². The molecule has 0 aliphatic rings. The Morgan fingerprint density at radius 3 is 2.63 bits per heavy atom. The minimum absolute atomic E-state index is 0.0776. The van der Waals surface area contributed by atoms with Crippen LogP contribution in [0.1, 0.15) is 27.2 Å². The van der Waals surface area contributed by atoms with Crippen molar-refractivity contribution in [3.05, 3.63) is 65.0 Å². The first-order valence-corrected chi connectivity index (χ1v) is 7.16. The van der Waals surface area contributed by atoms with Crippen molar-refractivity contribution >= 4 is 21.8 Å². The fraction of sp³-hybridized carbons (Fsp3) is 0.200. The van der Waals surface area contributed by atoms with E-state index in [-0.39, 0.29) is 5.91 Å². The molecule has 2 rings (SSSR count). The molecule has 0 aliphatic carbocycles. The van der Waals surface area contributed by atoms with Gasteiger partial charge in [-0.25, -0.2) is 0 Å². The van der Waals surface area contributed by atoms with Crippen LogP contribution in [0.2, 0.25) is 0 Å².